The van der Waals surface area contributed by atoms with Gasteiger partial charge < -0.3 is 15.0 Å². The zero-order chi connectivity index (χ0) is 20.1. The molecule has 0 spiro atoms. The highest BCUT2D eigenvalue weighted by atomic mass is 32.2. The van der Waals surface area contributed by atoms with Gasteiger partial charge in [-0.25, -0.2) is 4.98 Å². The Hall–Kier alpha value is -3.09. The van der Waals surface area contributed by atoms with Crippen LogP contribution in [0.25, 0.3) is 10.8 Å². The number of aromatic nitrogens is 2. The molecule has 3 aromatic carbocycles. The van der Waals surface area contributed by atoms with Gasteiger partial charge in [0.05, 0.1) is 24.3 Å². The van der Waals surface area contributed by atoms with Crippen LogP contribution in [0.15, 0.2) is 84.1 Å². The van der Waals surface area contributed by atoms with Crippen LogP contribution in [0.3, 0.4) is 0 Å². The second kappa shape index (κ2) is 8.94. The van der Waals surface area contributed by atoms with Crippen molar-refractivity contribution in [3.63, 3.8) is 0 Å². The molecule has 1 amide bonds. The number of fused-ring (bicyclic) bond motifs is 1. The molecule has 0 aliphatic carbocycles. The van der Waals surface area contributed by atoms with Crippen molar-refractivity contribution in [1.82, 2.24) is 9.55 Å². The summed E-state index contributed by atoms with van der Waals surface area (Å²) >= 11 is 1.36. The van der Waals surface area contributed by atoms with Crippen LogP contribution in [0.5, 0.6) is 0 Å². The van der Waals surface area contributed by atoms with Crippen LogP contribution in [-0.2, 0) is 17.9 Å². The minimum absolute atomic E-state index is 0.0915. The molecule has 1 heterocycles. The number of rotatable bonds is 7. The molecule has 4 aromatic rings. The van der Waals surface area contributed by atoms with Crippen molar-refractivity contribution in [3.8, 4) is 0 Å². The Balaban J connectivity index is 1.46. The van der Waals surface area contributed by atoms with E-state index in [-0.39, 0.29) is 18.3 Å². The lowest BCUT2D eigenvalue weighted by atomic mass is 10.1. The molecular weight excluding hydrogens is 382 g/mol. The number of hydrogen-bond acceptors (Lipinski definition) is 4. The quantitative estimate of drug-likeness (QED) is 0.451. The highest BCUT2D eigenvalue weighted by Crippen LogP contribution is 2.24. The van der Waals surface area contributed by atoms with Gasteiger partial charge in [-0.2, -0.15) is 0 Å². The first-order valence-electron chi connectivity index (χ1n) is 9.34. The summed E-state index contributed by atoms with van der Waals surface area (Å²) in [6.07, 6.45) is 1.66. The maximum atomic E-state index is 12.6. The monoisotopic (exact) mass is 403 g/mol. The van der Waals surface area contributed by atoms with Gasteiger partial charge in [0, 0.05) is 17.6 Å². The molecule has 29 heavy (non-hydrogen) atoms. The van der Waals surface area contributed by atoms with E-state index in [4.69, 9.17) is 0 Å². The third-order valence-corrected chi connectivity index (χ3v) is 5.63. The second-order valence-corrected chi connectivity index (χ2v) is 7.57. The predicted octanol–water partition coefficient (Wildman–Crippen LogP) is 4.31. The number of nitrogens with one attached hydrogen (secondary N) is 1. The van der Waals surface area contributed by atoms with Gasteiger partial charge in [-0.3, -0.25) is 4.79 Å². The second-order valence-electron chi connectivity index (χ2n) is 6.63. The van der Waals surface area contributed by atoms with Crippen molar-refractivity contribution in [3.05, 3.63) is 90.3 Å². The van der Waals surface area contributed by atoms with E-state index in [9.17, 15) is 9.90 Å². The summed E-state index contributed by atoms with van der Waals surface area (Å²) in [5, 5.41) is 15.4. The first-order valence-corrected chi connectivity index (χ1v) is 10.3. The SMILES string of the molecule is O=C(CSc1ncc(CO)n1Cc1ccccc1)Nc1cccc2ccccc12. The van der Waals surface area contributed by atoms with Crippen LogP contribution in [0, 0.1) is 0 Å². The Kier molecular flexibility index (Phi) is 5.93. The Morgan fingerprint density at radius 2 is 1.76 bits per heavy atom. The molecule has 6 heteroatoms. The highest BCUT2D eigenvalue weighted by Gasteiger charge is 2.13. The largest absolute Gasteiger partial charge is 0.390 e. The molecule has 0 radical (unpaired) electrons. The first-order chi connectivity index (χ1) is 14.2. The van der Waals surface area contributed by atoms with Crippen molar-refractivity contribution >= 4 is 34.1 Å². The highest BCUT2D eigenvalue weighted by molar-refractivity contribution is 7.99. The minimum atomic E-state index is -0.0946. The Bertz CT molecular complexity index is 1120. The fourth-order valence-electron chi connectivity index (χ4n) is 3.22. The zero-order valence-electron chi connectivity index (χ0n) is 15.8. The topological polar surface area (TPSA) is 67.1 Å². The molecule has 0 fully saturated rings. The Labute approximate surface area is 173 Å². The number of aliphatic hydroxyl groups excluding tert-OH is 1. The molecule has 0 aliphatic heterocycles. The number of carbonyl (C=O) groups excluding carboxylic acids is 1. The van der Waals surface area contributed by atoms with Gasteiger partial charge in [0.2, 0.25) is 5.91 Å². The van der Waals surface area contributed by atoms with E-state index in [0.717, 1.165) is 27.7 Å². The molecule has 2 N–H and O–H groups in total. The van der Waals surface area contributed by atoms with Gasteiger partial charge in [0.15, 0.2) is 5.16 Å². The molecule has 0 unspecified atom stereocenters. The number of anilines is 1. The number of aliphatic hydroxyl groups is 1. The zero-order valence-corrected chi connectivity index (χ0v) is 16.6. The summed E-state index contributed by atoms with van der Waals surface area (Å²) < 4.78 is 1.95. The average molecular weight is 404 g/mol. The molecule has 0 atom stereocenters. The van der Waals surface area contributed by atoms with Crippen LogP contribution >= 0.6 is 11.8 Å². The van der Waals surface area contributed by atoms with Crippen molar-refractivity contribution in [2.45, 2.75) is 18.3 Å². The van der Waals surface area contributed by atoms with Gasteiger partial charge >= 0.3 is 0 Å². The number of hydrogen-bond donors (Lipinski definition) is 2. The van der Waals surface area contributed by atoms with Crippen LogP contribution in [0.2, 0.25) is 0 Å². The van der Waals surface area contributed by atoms with E-state index in [1.54, 1.807) is 6.20 Å². The maximum Gasteiger partial charge on any atom is 0.234 e. The number of thioether (sulfide) groups is 1. The van der Waals surface area contributed by atoms with Gasteiger partial charge in [-0.05, 0) is 17.0 Å². The summed E-state index contributed by atoms with van der Waals surface area (Å²) in [7, 11) is 0. The molecule has 0 saturated heterocycles. The third-order valence-electron chi connectivity index (χ3n) is 4.64. The smallest absolute Gasteiger partial charge is 0.234 e. The van der Waals surface area contributed by atoms with E-state index in [0.29, 0.717) is 11.7 Å². The fourth-order valence-corrected chi connectivity index (χ4v) is 4.02. The van der Waals surface area contributed by atoms with Gasteiger partial charge in [-0.15, -0.1) is 0 Å². The number of amides is 1. The van der Waals surface area contributed by atoms with Gasteiger partial charge in [0.25, 0.3) is 0 Å². The van der Waals surface area contributed by atoms with Crippen molar-refractivity contribution in [2.75, 3.05) is 11.1 Å². The lowest BCUT2D eigenvalue weighted by Gasteiger charge is -2.11. The van der Waals surface area contributed by atoms with E-state index < -0.39 is 0 Å². The van der Waals surface area contributed by atoms with E-state index in [2.05, 4.69) is 10.3 Å². The van der Waals surface area contributed by atoms with Crippen molar-refractivity contribution < 1.29 is 9.90 Å². The molecule has 0 saturated carbocycles. The van der Waals surface area contributed by atoms with E-state index in [1.807, 2.05) is 77.4 Å². The predicted molar refractivity (Wildman–Crippen MR) is 117 cm³/mol. The summed E-state index contributed by atoms with van der Waals surface area (Å²) in [4.78, 5) is 17.0. The first kappa shape index (κ1) is 19.2. The number of carbonyl (C=O) groups is 1. The molecule has 5 nitrogen and oxygen atoms in total. The van der Waals surface area contributed by atoms with Crippen LogP contribution in [0.1, 0.15) is 11.3 Å². The third kappa shape index (κ3) is 4.50. The number of imidazole rings is 1. The normalized spacial score (nSPS) is 10.9. The molecule has 0 aliphatic rings. The molecule has 4 rings (SSSR count). The van der Waals surface area contributed by atoms with Gasteiger partial charge in [0.1, 0.15) is 0 Å². The lowest BCUT2D eigenvalue weighted by molar-refractivity contribution is -0.113. The van der Waals surface area contributed by atoms with Crippen LogP contribution in [0.4, 0.5) is 5.69 Å². The van der Waals surface area contributed by atoms with Crippen molar-refractivity contribution in [2.24, 2.45) is 0 Å². The fraction of sp³-hybridized carbons (Fsp3) is 0.130. The van der Waals surface area contributed by atoms with Crippen LogP contribution < -0.4 is 5.32 Å². The summed E-state index contributed by atoms with van der Waals surface area (Å²) in [6.45, 7) is 0.507. The molecular formula is C23H21N3O2S. The maximum absolute atomic E-state index is 12.6. The molecule has 0 bridgehead atoms. The van der Waals surface area contributed by atoms with E-state index in [1.165, 1.54) is 11.8 Å². The average Bonchev–Trinajstić information content (AvgIpc) is 3.15. The minimum Gasteiger partial charge on any atom is -0.390 e. The van der Waals surface area contributed by atoms with Crippen LogP contribution in [-0.4, -0.2) is 26.3 Å². The summed E-state index contributed by atoms with van der Waals surface area (Å²) in [5.41, 5.74) is 2.64. The standard InChI is InChI=1S/C23H21N3O2S/c27-15-19-13-24-23(26(19)14-17-7-2-1-3-8-17)29-16-22(28)25-21-12-6-10-18-9-4-5-11-20(18)21/h1-13,27H,14-16H2,(H,25,28). The Morgan fingerprint density at radius 3 is 2.59 bits per heavy atom. The molecule has 1 aromatic heterocycles. The lowest BCUT2D eigenvalue weighted by Crippen LogP contribution is -2.15. The number of nitrogens with zero attached hydrogens (tertiary/aromatic N) is 2. The number of benzene rings is 3. The summed E-state index contributed by atoms with van der Waals surface area (Å²) in [5.74, 6) is 0.144. The molecule has 146 valence electrons. The van der Waals surface area contributed by atoms with E-state index >= 15 is 0 Å². The van der Waals surface area contributed by atoms with Gasteiger partial charge in [-0.1, -0.05) is 78.5 Å². The summed E-state index contributed by atoms with van der Waals surface area (Å²) in [6, 6.07) is 23.8. The van der Waals surface area contributed by atoms with Crippen molar-refractivity contribution in [1.29, 1.82) is 0 Å². The Morgan fingerprint density at radius 1 is 1.00 bits per heavy atom.